The van der Waals surface area contributed by atoms with Crippen molar-refractivity contribution in [2.45, 2.75) is 95.8 Å². The molecular weight excluding hydrogens is 368 g/mol. The molecule has 0 spiro atoms. The Morgan fingerprint density at radius 1 is 0.862 bits per heavy atom. The lowest BCUT2D eigenvalue weighted by Crippen LogP contribution is -2.44. The molecule has 4 aliphatic rings. The van der Waals surface area contributed by atoms with Gasteiger partial charge in [0.2, 0.25) is 17.7 Å². The monoisotopic (exact) mass is 404 g/mol. The van der Waals surface area contributed by atoms with Gasteiger partial charge in [0.1, 0.15) is 0 Å². The van der Waals surface area contributed by atoms with Gasteiger partial charge in [0, 0.05) is 19.0 Å². The van der Waals surface area contributed by atoms with Crippen LogP contribution in [0, 0.1) is 23.7 Å². The van der Waals surface area contributed by atoms with E-state index >= 15 is 0 Å². The second-order valence-electron chi connectivity index (χ2n) is 9.83. The van der Waals surface area contributed by atoms with Gasteiger partial charge in [-0.3, -0.25) is 19.3 Å². The van der Waals surface area contributed by atoms with Gasteiger partial charge in [-0.25, -0.2) is 0 Å². The number of ether oxygens (including phenoxy) is 1. The van der Waals surface area contributed by atoms with Crippen molar-refractivity contribution in [2.75, 3.05) is 7.05 Å². The second kappa shape index (κ2) is 8.75. The molecule has 0 radical (unpaired) electrons. The zero-order valence-electron chi connectivity index (χ0n) is 17.9. The molecule has 3 saturated carbocycles. The van der Waals surface area contributed by atoms with Gasteiger partial charge < -0.3 is 10.1 Å². The summed E-state index contributed by atoms with van der Waals surface area (Å²) >= 11 is 0. The number of imide groups is 1. The highest BCUT2D eigenvalue weighted by molar-refractivity contribution is 6.05. The fraction of sp³-hybridized carbons (Fsp3) is 0.870. The van der Waals surface area contributed by atoms with Crippen LogP contribution in [0.15, 0.2) is 0 Å². The van der Waals surface area contributed by atoms with Crippen LogP contribution in [0.2, 0.25) is 0 Å². The first-order chi connectivity index (χ1) is 14.0. The number of nitrogens with one attached hydrogen (secondary N) is 1. The van der Waals surface area contributed by atoms with E-state index in [0.29, 0.717) is 25.4 Å². The second-order valence-corrected chi connectivity index (χ2v) is 9.83. The molecule has 0 aromatic heterocycles. The van der Waals surface area contributed by atoms with Crippen molar-refractivity contribution in [3.63, 3.8) is 0 Å². The third kappa shape index (κ3) is 4.23. The first-order valence-electron chi connectivity index (χ1n) is 11.7. The molecule has 3 unspecified atom stereocenters. The van der Waals surface area contributed by atoms with E-state index in [1.54, 1.807) is 11.9 Å². The Morgan fingerprint density at radius 2 is 1.45 bits per heavy atom. The topological polar surface area (TPSA) is 75.7 Å². The lowest BCUT2D eigenvalue weighted by atomic mass is 9.75. The maximum atomic E-state index is 13.1. The first-order valence-corrected chi connectivity index (χ1v) is 11.7. The van der Waals surface area contributed by atoms with Crippen LogP contribution in [-0.4, -0.2) is 47.9 Å². The number of likely N-dealkylation sites (tertiary alicyclic amines) is 1. The summed E-state index contributed by atoms with van der Waals surface area (Å²) in [5, 5.41) is 2.69. The Labute approximate surface area is 174 Å². The van der Waals surface area contributed by atoms with Gasteiger partial charge in [0.05, 0.1) is 24.0 Å². The van der Waals surface area contributed by atoms with Crippen molar-refractivity contribution in [3.8, 4) is 0 Å². The highest BCUT2D eigenvalue weighted by atomic mass is 16.5. The molecule has 6 nitrogen and oxygen atoms in total. The zero-order valence-corrected chi connectivity index (χ0v) is 17.9. The van der Waals surface area contributed by atoms with Crippen molar-refractivity contribution < 1.29 is 19.1 Å². The summed E-state index contributed by atoms with van der Waals surface area (Å²) in [6.45, 7) is 2.32. The number of carbonyl (C=O) groups is 3. The number of rotatable bonds is 4. The molecule has 1 aliphatic heterocycles. The zero-order chi connectivity index (χ0) is 20.5. The molecule has 3 atom stereocenters. The molecule has 0 bridgehead atoms. The van der Waals surface area contributed by atoms with Crippen LogP contribution in [-0.2, 0) is 19.1 Å². The predicted molar refractivity (Wildman–Crippen MR) is 109 cm³/mol. The minimum atomic E-state index is -0.295. The number of carbonyl (C=O) groups excluding carboxylic acids is 3. The maximum Gasteiger partial charge on any atom is 0.233 e. The van der Waals surface area contributed by atoms with E-state index in [2.05, 4.69) is 12.2 Å². The van der Waals surface area contributed by atoms with Crippen LogP contribution in [0.25, 0.3) is 0 Å². The summed E-state index contributed by atoms with van der Waals surface area (Å²) in [4.78, 5) is 39.7. The van der Waals surface area contributed by atoms with Gasteiger partial charge in [-0.05, 0) is 76.5 Å². The predicted octanol–water partition coefficient (Wildman–Crippen LogP) is 3.04. The van der Waals surface area contributed by atoms with E-state index in [-0.39, 0.29) is 47.6 Å². The molecule has 1 N–H and O–H groups in total. The third-order valence-electron chi connectivity index (χ3n) is 7.93. The average molecular weight is 405 g/mol. The molecule has 4 rings (SSSR count). The van der Waals surface area contributed by atoms with Crippen LogP contribution in [0.4, 0.5) is 0 Å². The van der Waals surface area contributed by atoms with Gasteiger partial charge in [-0.2, -0.15) is 0 Å². The van der Waals surface area contributed by atoms with Gasteiger partial charge in [-0.15, -0.1) is 0 Å². The van der Waals surface area contributed by atoms with Gasteiger partial charge in [0.25, 0.3) is 0 Å². The quantitative estimate of drug-likeness (QED) is 0.731. The third-order valence-corrected chi connectivity index (χ3v) is 7.93. The van der Waals surface area contributed by atoms with Crippen LogP contribution >= 0.6 is 0 Å². The summed E-state index contributed by atoms with van der Waals surface area (Å²) in [7, 11) is 1.64. The van der Waals surface area contributed by atoms with Crippen molar-refractivity contribution >= 4 is 17.7 Å². The molecule has 6 heteroatoms. The average Bonchev–Trinajstić information content (AvgIpc) is 2.99. The van der Waals surface area contributed by atoms with Crippen molar-refractivity contribution in [2.24, 2.45) is 23.7 Å². The number of fused-ring (bicyclic) bond motifs is 1. The Morgan fingerprint density at radius 3 is 2.07 bits per heavy atom. The highest BCUT2D eigenvalue weighted by Crippen LogP contribution is 2.43. The van der Waals surface area contributed by atoms with Crippen molar-refractivity contribution in [3.05, 3.63) is 0 Å². The lowest BCUT2D eigenvalue weighted by molar-refractivity contribution is -0.144. The summed E-state index contributed by atoms with van der Waals surface area (Å²) < 4.78 is 6.36. The fourth-order valence-corrected chi connectivity index (χ4v) is 6.08. The van der Waals surface area contributed by atoms with E-state index in [0.717, 1.165) is 31.6 Å². The molecule has 0 aromatic carbocycles. The summed E-state index contributed by atoms with van der Waals surface area (Å²) in [5.41, 5.74) is 0. The molecule has 29 heavy (non-hydrogen) atoms. The molecule has 162 valence electrons. The van der Waals surface area contributed by atoms with E-state index in [1.807, 2.05) is 0 Å². The summed E-state index contributed by atoms with van der Waals surface area (Å²) in [6, 6.07) is 0.0188. The molecule has 0 aromatic rings. The van der Waals surface area contributed by atoms with Crippen LogP contribution < -0.4 is 5.32 Å². The number of amides is 3. The van der Waals surface area contributed by atoms with E-state index in [9.17, 15) is 14.4 Å². The van der Waals surface area contributed by atoms with Crippen LogP contribution in [0.1, 0.15) is 77.6 Å². The summed E-state index contributed by atoms with van der Waals surface area (Å²) in [6.07, 6.45) is 11.0. The number of hydrogen-bond donors (Lipinski definition) is 1. The molecule has 3 amide bonds. The minimum Gasteiger partial charge on any atom is -0.375 e. The molecule has 3 aliphatic carbocycles. The highest BCUT2D eigenvalue weighted by Gasteiger charge is 2.53. The largest absolute Gasteiger partial charge is 0.375 e. The molecule has 1 heterocycles. The lowest BCUT2D eigenvalue weighted by Gasteiger charge is -2.36. The Kier molecular flexibility index (Phi) is 6.28. The van der Waals surface area contributed by atoms with Crippen molar-refractivity contribution in [1.29, 1.82) is 0 Å². The summed E-state index contributed by atoms with van der Waals surface area (Å²) in [5.74, 6) is 0.167. The van der Waals surface area contributed by atoms with Crippen LogP contribution in [0.3, 0.4) is 0 Å². The smallest absolute Gasteiger partial charge is 0.233 e. The molecule has 1 saturated heterocycles. The van der Waals surface area contributed by atoms with Gasteiger partial charge in [-0.1, -0.05) is 6.92 Å². The maximum absolute atomic E-state index is 13.1. The van der Waals surface area contributed by atoms with Crippen LogP contribution in [0.5, 0.6) is 0 Å². The van der Waals surface area contributed by atoms with E-state index in [4.69, 9.17) is 4.74 Å². The Hall–Kier alpha value is -1.43. The number of hydrogen-bond acceptors (Lipinski definition) is 4. The standard InChI is InChI=1S/C23H36N2O4/c1-14-3-8-17(9-4-14)29-18-10-6-16(7-11-18)25-22(27)19-12-5-15(21(26)24-2)13-20(19)23(25)28/h14-20H,3-13H2,1-2H3,(H,24,26). The fourth-order valence-electron chi connectivity index (χ4n) is 6.08. The van der Waals surface area contributed by atoms with E-state index < -0.39 is 0 Å². The first kappa shape index (κ1) is 20.8. The van der Waals surface area contributed by atoms with Gasteiger partial charge in [0.15, 0.2) is 0 Å². The van der Waals surface area contributed by atoms with Gasteiger partial charge >= 0.3 is 0 Å². The SMILES string of the molecule is CNC(=O)C1CCC2C(=O)N(C3CCC(OC4CCC(C)CC4)CC3)C(=O)C2C1. The normalized spacial score (nSPS) is 40.6. The Balaban J connectivity index is 1.31. The molecular formula is C23H36N2O4. The Bertz CT molecular complexity index is 635. The van der Waals surface area contributed by atoms with Crippen molar-refractivity contribution in [1.82, 2.24) is 10.2 Å². The number of nitrogens with zero attached hydrogens (tertiary/aromatic N) is 1. The minimum absolute atomic E-state index is 0.00286. The van der Waals surface area contributed by atoms with E-state index in [1.165, 1.54) is 25.7 Å². The molecule has 4 fully saturated rings.